The van der Waals surface area contributed by atoms with E-state index in [9.17, 15) is 13.5 Å². The summed E-state index contributed by atoms with van der Waals surface area (Å²) in [7, 11) is -3.43. The molecule has 7 heteroatoms. The monoisotopic (exact) mass is 353 g/mol. The van der Waals surface area contributed by atoms with Gasteiger partial charge in [-0.2, -0.15) is 4.31 Å². The SMILES string of the molecule is O=S(=O)(C1CCOCC1)N1C[C@@H](CO)[C@@H]2COc3ccccc3[C@@H]21. The first kappa shape index (κ1) is 16.3. The molecule has 1 aromatic rings. The number of fused-ring (bicyclic) bond motifs is 3. The van der Waals surface area contributed by atoms with Crippen LogP contribution in [-0.4, -0.2) is 56.1 Å². The number of hydrogen-bond acceptors (Lipinski definition) is 5. The number of ether oxygens (including phenoxy) is 2. The van der Waals surface area contributed by atoms with Crippen molar-refractivity contribution in [1.29, 1.82) is 0 Å². The van der Waals surface area contributed by atoms with Gasteiger partial charge in [0, 0.05) is 43.8 Å². The van der Waals surface area contributed by atoms with E-state index >= 15 is 0 Å². The molecule has 0 unspecified atom stereocenters. The molecule has 0 radical (unpaired) electrons. The molecule has 0 spiro atoms. The third-order valence-electron chi connectivity index (χ3n) is 5.56. The van der Waals surface area contributed by atoms with Gasteiger partial charge in [-0.15, -0.1) is 0 Å². The maximum atomic E-state index is 13.3. The van der Waals surface area contributed by atoms with Crippen LogP contribution < -0.4 is 4.74 Å². The zero-order valence-electron chi connectivity index (χ0n) is 13.5. The van der Waals surface area contributed by atoms with Gasteiger partial charge in [0.25, 0.3) is 0 Å². The molecule has 6 nitrogen and oxygen atoms in total. The van der Waals surface area contributed by atoms with E-state index in [1.807, 2.05) is 24.3 Å². The molecule has 2 fully saturated rings. The Balaban J connectivity index is 1.73. The van der Waals surface area contributed by atoms with Crippen LogP contribution in [0.2, 0.25) is 0 Å². The van der Waals surface area contributed by atoms with E-state index in [-0.39, 0.29) is 29.7 Å². The summed E-state index contributed by atoms with van der Waals surface area (Å²) >= 11 is 0. The lowest BCUT2D eigenvalue weighted by Crippen LogP contribution is -2.42. The first-order valence-electron chi connectivity index (χ1n) is 8.54. The Kier molecular flexibility index (Phi) is 4.28. The first-order chi connectivity index (χ1) is 11.6. The number of nitrogens with zero attached hydrogens (tertiary/aromatic N) is 1. The molecule has 4 rings (SSSR count). The maximum Gasteiger partial charge on any atom is 0.217 e. The van der Waals surface area contributed by atoms with Crippen molar-refractivity contribution >= 4 is 10.0 Å². The van der Waals surface area contributed by atoms with Gasteiger partial charge in [-0.05, 0) is 18.9 Å². The van der Waals surface area contributed by atoms with Crippen molar-refractivity contribution in [2.24, 2.45) is 11.8 Å². The van der Waals surface area contributed by atoms with Gasteiger partial charge in [-0.3, -0.25) is 0 Å². The van der Waals surface area contributed by atoms with E-state index in [1.54, 1.807) is 4.31 Å². The minimum absolute atomic E-state index is 0.000449. The zero-order chi connectivity index (χ0) is 16.7. The second-order valence-electron chi connectivity index (χ2n) is 6.83. The van der Waals surface area contributed by atoms with Crippen molar-refractivity contribution in [3.05, 3.63) is 29.8 Å². The van der Waals surface area contributed by atoms with Crippen LogP contribution in [0, 0.1) is 11.8 Å². The molecule has 0 amide bonds. The van der Waals surface area contributed by atoms with Crippen molar-refractivity contribution in [1.82, 2.24) is 4.31 Å². The molecule has 24 heavy (non-hydrogen) atoms. The Morgan fingerprint density at radius 2 is 1.96 bits per heavy atom. The topological polar surface area (TPSA) is 76.1 Å². The third-order valence-corrected chi connectivity index (χ3v) is 7.90. The van der Waals surface area contributed by atoms with Gasteiger partial charge < -0.3 is 14.6 Å². The highest BCUT2D eigenvalue weighted by molar-refractivity contribution is 7.89. The molecule has 1 N–H and O–H groups in total. The number of para-hydroxylation sites is 1. The number of sulfonamides is 1. The summed E-state index contributed by atoms with van der Waals surface area (Å²) in [5.41, 5.74) is 0.917. The fourth-order valence-electron chi connectivity index (χ4n) is 4.23. The maximum absolute atomic E-state index is 13.3. The summed E-state index contributed by atoms with van der Waals surface area (Å²) in [4.78, 5) is 0. The molecule has 0 saturated carbocycles. The fourth-order valence-corrected chi connectivity index (χ4v) is 6.38. The summed E-state index contributed by atoms with van der Waals surface area (Å²) in [6, 6.07) is 7.40. The molecule has 2 saturated heterocycles. The lowest BCUT2D eigenvalue weighted by atomic mass is 9.86. The number of aliphatic hydroxyl groups excluding tert-OH is 1. The van der Waals surface area contributed by atoms with Gasteiger partial charge >= 0.3 is 0 Å². The van der Waals surface area contributed by atoms with Gasteiger partial charge in [0.05, 0.1) is 17.9 Å². The summed E-state index contributed by atoms with van der Waals surface area (Å²) in [5.74, 6) is 0.669. The number of rotatable bonds is 3. The van der Waals surface area contributed by atoms with E-state index in [1.165, 1.54) is 0 Å². The second kappa shape index (κ2) is 6.29. The molecule has 3 heterocycles. The molecule has 132 valence electrons. The van der Waals surface area contributed by atoms with E-state index in [0.29, 0.717) is 39.2 Å². The number of aliphatic hydroxyl groups is 1. The standard InChI is InChI=1S/C17H23NO5S/c19-10-12-9-18(24(20,21)13-5-7-22-8-6-13)17-14-3-1-2-4-16(14)23-11-15(12)17/h1-4,12-13,15,17,19H,5-11H2/t12-,15-,17-/m0/s1. The summed E-state index contributed by atoms with van der Waals surface area (Å²) in [5, 5.41) is 9.36. The van der Waals surface area contributed by atoms with Crippen LogP contribution >= 0.6 is 0 Å². The van der Waals surface area contributed by atoms with Gasteiger partial charge in [0.1, 0.15) is 5.75 Å². The summed E-state index contributed by atoms with van der Waals surface area (Å²) in [6.07, 6.45) is 1.08. The predicted molar refractivity (Wildman–Crippen MR) is 88.2 cm³/mol. The molecule has 0 bridgehead atoms. The highest BCUT2D eigenvalue weighted by Crippen LogP contribution is 2.49. The van der Waals surface area contributed by atoms with Crippen molar-refractivity contribution in [3.63, 3.8) is 0 Å². The molecular formula is C17H23NO5S. The minimum Gasteiger partial charge on any atom is -0.493 e. The fraction of sp³-hybridized carbons (Fsp3) is 0.647. The van der Waals surface area contributed by atoms with Gasteiger partial charge in [-0.25, -0.2) is 8.42 Å². The summed E-state index contributed by atoms with van der Waals surface area (Å²) < 4.78 is 39.3. The van der Waals surface area contributed by atoms with Crippen LogP contribution in [0.15, 0.2) is 24.3 Å². The molecular weight excluding hydrogens is 330 g/mol. The van der Waals surface area contributed by atoms with Crippen molar-refractivity contribution < 1.29 is 23.0 Å². The van der Waals surface area contributed by atoms with Gasteiger partial charge in [0.15, 0.2) is 0 Å². The Hall–Kier alpha value is -1.15. The van der Waals surface area contributed by atoms with Crippen molar-refractivity contribution in [2.75, 3.05) is 33.0 Å². The quantitative estimate of drug-likeness (QED) is 0.883. The lowest BCUT2D eigenvalue weighted by molar-refractivity contribution is 0.0965. The second-order valence-corrected chi connectivity index (χ2v) is 8.99. The molecule has 1 aromatic carbocycles. The molecule has 0 aliphatic carbocycles. The molecule has 3 aliphatic heterocycles. The van der Waals surface area contributed by atoms with E-state index in [4.69, 9.17) is 9.47 Å². The molecule has 3 atom stereocenters. The van der Waals surface area contributed by atoms with Gasteiger partial charge in [0.2, 0.25) is 10.0 Å². The Morgan fingerprint density at radius 1 is 1.21 bits per heavy atom. The van der Waals surface area contributed by atoms with E-state index in [0.717, 1.165) is 11.3 Å². The molecule has 0 aromatic heterocycles. The highest BCUT2D eigenvalue weighted by atomic mass is 32.2. The van der Waals surface area contributed by atoms with Crippen LogP contribution in [0.1, 0.15) is 24.4 Å². The van der Waals surface area contributed by atoms with Crippen LogP contribution in [0.25, 0.3) is 0 Å². The van der Waals surface area contributed by atoms with E-state index < -0.39 is 10.0 Å². The molecule has 3 aliphatic rings. The van der Waals surface area contributed by atoms with Crippen LogP contribution in [0.4, 0.5) is 0 Å². The zero-order valence-corrected chi connectivity index (χ0v) is 14.3. The largest absolute Gasteiger partial charge is 0.493 e. The lowest BCUT2D eigenvalue weighted by Gasteiger charge is -2.36. The number of benzene rings is 1. The normalized spacial score (nSPS) is 31.3. The van der Waals surface area contributed by atoms with Gasteiger partial charge in [-0.1, -0.05) is 18.2 Å². The highest BCUT2D eigenvalue weighted by Gasteiger charge is 2.51. The van der Waals surface area contributed by atoms with E-state index in [2.05, 4.69) is 0 Å². The minimum atomic E-state index is -3.43. The van der Waals surface area contributed by atoms with Crippen molar-refractivity contribution in [2.45, 2.75) is 24.1 Å². The van der Waals surface area contributed by atoms with Crippen LogP contribution in [0.5, 0.6) is 5.75 Å². The average Bonchev–Trinajstić information content (AvgIpc) is 3.02. The van der Waals surface area contributed by atoms with Crippen LogP contribution in [0.3, 0.4) is 0 Å². The Morgan fingerprint density at radius 3 is 2.71 bits per heavy atom. The predicted octanol–water partition coefficient (Wildman–Crippen LogP) is 1.17. The van der Waals surface area contributed by atoms with Crippen molar-refractivity contribution in [3.8, 4) is 5.75 Å². The average molecular weight is 353 g/mol. The Labute approximate surface area is 142 Å². The third kappa shape index (κ3) is 2.54. The smallest absolute Gasteiger partial charge is 0.217 e. The first-order valence-corrected chi connectivity index (χ1v) is 10.0. The Bertz CT molecular complexity index is 701. The number of hydrogen-bond donors (Lipinski definition) is 1. The summed E-state index contributed by atoms with van der Waals surface area (Å²) in [6.45, 7) is 1.78. The van der Waals surface area contributed by atoms with Crippen LogP contribution in [-0.2, 0) is 14.8 Å².